The zero-order valence-electron chi connectivity index (χ0n) is 30.0. The maximum Gasteiger partial charge on any atom is 0.135 e. The number of anilines is 3. The van der Waals surface area contributed by atoms with Crippen molar-refractivity contribution in [3.05, 3.63) is 193 Å². The summed E-state index contributed by atoms with van der Waals surface area (Å²) in [4.78, 5) is 2.41. The van der Waals surface area contributed by atoms with E-state index < -0.39 is 0 Å². The Morgan fingerprint density at radius 2 is 1.04 bits per heavy atom. The first kappa shape index (κ1) is 31.4. The largest absolute Gasteiger partial charge is 0.456 e. The van der Waals surface area contributed by atoms with Gasteiger partial charge in [-0.2, -0.15) is 0 Å². The normalized spacial score (nSPS) is 14.5. The van der Waals surface area contributed by atoms with Gasteiger partial charge >= 0.3 is 0 Å². The van der Waals surface area contributed by atoms with Crippen LogP contribution >= 0.6 is 0 Å². The predicted octanol–water partition coefficient (Wildman–Crippen LogP) is 14.5. The van der Waals surface area contributed by atoms with Gasteiger partial charge in [-0.3, -0.25) is 0 Å². The second-order valence-corrected chi connectivity index (χ2v) is 14.9. The fourth-order valence-corrected chi connectivity index (χ4v) is 8.57. The van der Waals surface area contributed by atoms with Gasteiger partial charge in [0.05, 0.1) is 0 Å². The summed E-state index contributed by atoms with van der Waals surface area (Å²) in [5.41, 5.74) is 18.2. The van der Waals surface area contributed by atoms with Crippen LogP contribution in [-0.4, -0.2) is 0 Å². The summed E-state index contributed by atoms with van der Waals surface area (Å²) in [6, 6.07) is 59.4. The van der Waals surface area contributed by atoms with Gasteiger partial charge < -0.3 is 9.32 Å². The molecule has 254 valence electrons. The molecule has 8 aromatic rings. The van der Waals surface area contributed by atoms with Gasteiger partial charge in [-0.05, 0) is 123 Å². The van der Waals surface area contributed by atoms with Crippen molar-refractivity contribution >= 4 is 44.6 Å². The lowest BCUT2D eigenvalue weighted by atomic mass is 9.80. The zero-order valence-corrected chi connectivity index (χ0v) is 30.0. The maximum atomic E-state index is 6.12. The van der Waals surface area contributed by atoms with E-state index in [1.165, 1.54) is 61.3 Å². The number of nitrogens with zero attached hydrogens (tertiary/aromatic N) is 1. The molecule has 0 spiro atoms. The molecule has 2 heteroatoms. The van der Waals surface area contributed by atoms with E-state index in [-0.39, 0.29) is 5.41 Å². The van der Waals surface area contributed by atoms with Crippen LogP contribution < -0.4 is 4.90 Å². The first-order valence-corrected chi connectivity index (χ1v) is 18.6. The van der Waals surface area contributed by atoms with Crippen LogP contribution in [0.1, 0.15) is 37.8 Å². The lowest BCUT2D eigenvalue weighted by Crippen LogP contribution is -2.18. The molecular weight excluding hydrogens is 643 g/mol. The highest BCUT2D eigenvalue weighted by molar-refractivity contribution is 6.06. The van der Waals surface area contributed by atoms with Crippen molar-refractivity contribution in [3.8, 4) is 33.4 Å². The number of rotatable bonds is 6. The van der Waals surface area contributed by atoms with Crippen molar-refractivity contribution in [2.24, 2.45) is 0 Å². The fraction of sp³-hybridized carbons (Fsp3) is 0.0980. The summed E-state index contributed by atoms with van der Waals surface area (Å²) >= 11 is 0. The van der Waals surface area contributed by atoms with E-state index in [1.54, 1.807) is 0 Å². The zero-order chi connectivity index (χ0) is 35.5. The van der Waals surface area contributed by atoms with Gasteiger partial charge in [0.15, 0.2) is 0 Å². The third-order valence-electron chi connectivity index (χ3n) is 11.4. The Hall–Kier alpha value is -6.38. The second-order valence-electron chi connectivity index (χ2n) is 14.9. The van der Waals surface area contributed by atoms with Gasteiger partial charge in [0.2, 0.25) is 0 Å². The monoisotopic (exact) mass is 681 g/mol. The average Bonchev–Trinajstić information content (AvgIpc) is 3.70. The Morgan fingerprint density at radius 3 is 1.74 bits per heavy atom. The van der Waals surface area contributed by atoms with Crippen LogP contribution in [0.2, 0.25) is 0 Å². The summed E-state index contributed by atoms with van der Waals surface area (Å²) in [7, 11) is 0. The third kappa shape index (κ3) is 5.33. The van der Waals surface area contributed by atoms with Gasteiger partial charge in [-0.15, -0.1) is 0 Å². The third-order valence-corrected chi connectivity index (χ3v) is 11.4. The predicted molar refractivity (Wildman–Crippen MR) is 223 cm³/mol. The molecule has 0 N–H and O–H groups in total. The highest BCUT2D eigenvalue weighted by Crippen LogP contribution is 2.51. The van der Waals surface area contributed by atoms with E-state index in [1.807, 2.05) is 12.1 Å². The molecule has 1 aromatic heterocycles. The molecule has 2 nitrogen and oxygen atoms in total. The van der Waals surface area contributed by atoms with Crippen LogP contribution in [0.15, 0.2) is 186 Å². The van der Waals surface area contributed by atoms with Gasteiger partial charge in [0, 0.05) is 33.2 Å². The highest BCUT2D eigenvalue weighted by Gasteiger charge is 2.37. The topological polar surface area (TPSA) is 16.4 Å². The summed E-state index contributed by atoms with van der Waals surface area (Å²) in [5, 5.41) is 2.29. The Bertz CT molecular complexity index is 2710. The van der Waals surface area contributed by atoms with Crippen molar-refractivity contribution in [3.63, 3.8) is 0 Å². The van der Waals surface area contributed by atoms with Crippen molar-refractivity contribution in [2.75, 3.05) is 4.90 Å². The highest BCUT2D eigenvalue weighted by atomic mass is 16.3. The molecule has 2 aliphatic carbocycles. The van der Waals surface area contributed by atoms with Gasteiger partial charge in [0.25, 0.3) is 0 Å². The number of hydrogen-bond donors (Lipinski definition) is 0. The van der Waals surface area contributed by atoms with E-state index in [9.17, 15) is 0 Å². The van der Waals surface area contributed by atoms with Gasteiger partial charge in [0.1, 0.15) is 11.2 Å². The summed E-state index contributed by atoms with van der Waals surface area (Å²) in [6.45, 7) is 4.76. The lowest BCUT2D eigenvalue weighted by Gasteiger charge is -2.29. The fourth-order valence-electron chi connectivity index (χ4n) is 8.57. The molecule has 2 aliphatic rings. The number of para-hydroxylation sites is 1. The quantitative estimate of drug-likeness (QED) is 0.174. The molecule has 0 atom stereocenters. The van der Waals surface area contributed by atoms with E-state index in [0.29, 0.717) is 0 Å². The molecule has 0 fully saturated rings. The molecule has 0 bridgehead atoms. The van der Waals surface area contributed by atoms with Crippen LogP contribution in [0.4, 0.5) is 17.1 Å². The standard InChI is InChI=1S/C51H39NO/c1-51(2)47-14-8-6-12-43(47)44-30-29-42(33-48(44)51)52(40-25-20-37(21-26-40)36-18-16-35(17-19-36)34-10-4-3-5-11-34)41-27-22-38(23-28-41)39-24-31-50-46(32-39)45-13-7-9-15-49(45)53-50/h3-5,7-11,13-33H,6,12H2,1-2H3. The number of allylic oxidation sites excluding steroid dienone is 4. The Labute approximate surface area is 311 Å². The molecule has 0 amide bonds. The number of furan rings is 1. The average molecular weight is 682 g/mol. The Morgan fingerprint density at radius 1 is 0.491 bits per heavy atom. The summed E-state index contributed by atoms with van der Waals surface area (Å²) in [5.74, 6) is 0. The van der Waals surface area contributed by atoms with Crippen LogP contribution in [0, 0.1) is 0 Å². The molecule has 0 unspecified atom stereocenters. The van der Waals surface area contributed by atoms with Crippen LogP contribution in [0.3, 0.4) is 0 Å². The van der Waals surface area contributed by atoms with E-state index in [4.69, 9.17) is 4.42 Å². The number of benzene rings is 7. The van der Waals surface area contributed by atoms with Crippen LogP contribution in [0.5, 0.6) is 0 Å². The Kier molecular flexibility index (Phi) is 7.33. The molecule has 0 saturated heterocycles. The second kappa shape index (κ2) is 12.4. The molecule has 0 saturated carbocycles. The Balaban J connectivity index is 1.03. The molecular formula is C51H39NO. The van der Waals surface area contributed by atoms with Gasteiger partial charge in [-0.25, -0.2) is 0 Å². The molecule has 1 heterocycles. The SMILES string of the molecule is CC1(C)C2=C(CCC=C2)c2ccc(N(c3ccc(-c4ccc(-c5ccccc5)cc4)cc3)c3ccc(-c4ccc5oc6ccccc6c5c4)cc3)cc21. The van der Waals surface area contributed by atoms with E-state index in [0.717, 1.165) is 46.2 Å². The van der Waals surface area contributed by atoms with Crippen molar-refractivity contribution in [1.82, 2.24) is 0 Å². The van der Waals surface area contributed by atoms with Gasteiger partial charge in [-0.1, -0.05) is 135 Å². The van der Waals surface area contributed by atoms with Crippen LogP contribution in [-0.2, 0) is 5.41 Å². The van der Waals surface area contributed by atoms with Crippen molar-refractivity contribution < 1.29 is 4.42 Å². The summed E-state index contributed by atoms with van der Waals surface area (Å²) < 4.78 is 6.12. The maximum absolute atomic E-state index is 6.12. The molecule has 53 heavy (non-hydrogen) atoms. The van der Waals surface area contributed by atoms with E-state index in [2.05, 4.69) is 183 Å². The first-order chi connectivity index (χ1) is 26.0. The minimum atomic E-state index is -0.0429. The lowest BCUT2D eigenvalue weighted by molar-refractivity contribution is 0.651. The summed E-state index contributed by atoms with van der Waals surface area (Å²) in [6.07, 6.45) is 6.93. The first-order valence-electron chi connectivity index (χ1n) is 18.6. The number of fused-ring (bicyclic) bond motifs is 5. The smallest absolute Gasteiger partial charge is 0.135 e. The van der Waals surface area contributed by atoms with Crippen LogP contribution in [0.25, 0.3) is 60.9 Å². The number of hydrogen-bond acceptors (Lipinski definition) is 2. The molecule has 10 rings (SSSR count). The minimum absolute atomic E-state index is 0.0429. The van der Waals surface area contributed by atoms with Crippen molar-refractivity contribution in [2.45, 2.75) is 32.1 Å². The van der Waals surface area contributed by atoms with Crippen molar-refractivity contribution in [1.29, 1.82) is 0 Å². The molecule has 0 aliphatic heterocycles. The molecule has 7 aromatic carbocycles. The van der Waals surface area contributed by atoms with E-state index >= 15 is 0 Å². The molecule has 0 radical (unpaired) electrons. The minimum Gasteiger partial charge on any atom is -0.456 e.